The molecule has 128 valence electrons. The standard InChI is InChI=1S/C20H12F2N2O2/c21-14-6-8-17(18(22)11-14)19-9-7-16(26-19)10-13(12-23)20(25)24-15-4-2-1-3-5-15/h1-11H,(H,24,25)/b13-10+. The van der Waals surface area contributed by atoms with E-state index in [4.69, 9.17) is 4.42 Å². The zero-order chi connectivity index (χ0) is 18.5. The van der Waals surface area contributed by atoms with Crippen molar-refractivity contribution in [2.24, 2.45) is 0 Å². The predicted molar refractivity (Wildman–Crippen MR) is 92.7 cm³/mol. The minimum atomic E-state index is -0.766. The Labute approximate surface area is 148 Å². The number of anilines is 1. The van der Waals surface area contributed by atoms with Crippen LogP contribution in [-0.4, -0.2) is 5.91 Å². The lowest BCUT2D eigenvalue weighted by Crippen LogP contribution is -2.13. The maximum Gasteiger partial charge on any atom is 0.266 e. The smallest absolute Gasteiger partial charge is 0.266 e. The van der Waals surface area contributed by atoms with Crippen LogP contribution in [0.25, 0.3) is 17.4 Å². The van der Waals surface area contributed by atoms with Crippen molar-refractivity contribution in [3.63, 3.8) is 0 Å². The fourth-order valence-corrected chi connectivity index (χ4v) is 2.28. The molecule has 0 aliphatic rings. The summed E-state index contributed by atoms with van der Waals surface area (Å²) in [4.78, 5) is 12.2. The predicted octanol–water partition coefficient (Wildman–Crippen LogP) is 4.77. The zero-order valence-corrected chi connectivity index (χ0v) is 13.4. The third-order valence-corrected chi connectivity index (χ3v) is 3.51. The Balaban J connectivity index is 1.83. The highest BCUT2D eigenvalue weighted by atomic mass is 19.1. The average molecular weight is 350 g/mol. The van der Waals surface area contributed by atoms with Gasteiger partial charge in [0.15, 0.2) is 0 Å². The molecule has 2 aromatic carbocycles. The van der Waals surface area contributed by atoms with Crippen molar-refractivity contribution < 1.29 is 18.0 Å². The van der Waals surface area contributed by atoms with Crippen molar-refractivity contribution in [3.05, 3.63) is 83.6 Å². The van der Waals surface area contributed by atoms with Crippen LogP contribution >= 0.6 is 0 Å². The Bertz CT molecular complexity index is 1020. The summed E-state index contributed by atoms with van der Waals surface area (Å²) in [7, 11) is 0. The van der Waals surface area contributed by atoms with Crippen molar-refractivity contribution in [3.8, 4) is 17.4 Å². The lowest BCUT2D eigenvalue weighted by molar-refractivity contribution is -0.112. The van der Waals surface area contributed by atoms with Gasteiger partial charge in [-0.25, -0.2) is 8.78 Å². The number of halogens is 2. The van der Waals surface area contributed by atoms with Gasteiger partial charge in [-0.1, -0.05) is 18.2 Å². The van der Waals surface area contributed by atoms with Crippen LogP contribution in [0.15, 0.2) is 70.7 Å². The molecular formula is C20H12F2N2O2. The lowest BCUT2D eigenvalue weighted by Gasteiger charge is -2.03. The van der Waals surface area contributed by atoms with E-state index in [0.29, 0.717) is 5.69 Å². The molecule has 6 heteroatoms. The number of para-hydroxylation sites is 1. The maximum absolute atomic E-state index is 13.8. The summed E-state index contributed by atoms with van der Waals surface area (Å²) in [6.07, 6.45) is 1.25. The number of nitrogens with zero attached hydrogens (tertiary/aromatic N) is 1. The summed E-state index contributed by atoms with van der Waals surface area (Å²) in [5.74, 6) is -1.69. The Morgan fingerprint density at radius 2 is 1.85 bits per heavy atom. The van der Waals surface area contributed by atoms with E-state index in [1.54, 1.807) is 36.4 Å². The van der Waals surface area contributed by atoms with Crippen molar-refractivity contribution in [2.45, 2.75) is 0 Å². The van der Waals surface area contributed by atoms with Crippen LogP contribution in [0.5, 0.6) is 0 Å². The van der Waals surface area contributed by atoms with E-state index in [1.165, 1.54) is 24.3 Å². The van der Waals surface area contributed by atoms with Crippen LogP contribution in [0.4, 0.5) is 14.5 Å². The molecule has 0 fully saturated rings. The number of amides is 1. The van der Waals surface area contributed by atoms with Gasteiger partial charge in [0.2, 0.25) is 0 Å². The highest BCUT2D eigenvalue weighted by Crippen LogP contribution is 2.26. The van der Waals surface area contributed by atoms with E-state index in [-0.39, 0.29) is 22.7 Å². The van der Waals surface area contributed by atoms with Crippen LogP contribution in [0.1, 0.15) is 5.76 Å². The molecule has 0 aliphatic heterocycles. The van der Waals surface area contributed by atoms with Gasteiger partial charge < -0.3 is 9.73 Å². The second-order valence-corrected chi connectivity index (χ2v) is 5.32. The minimum absolute atomic E-state index is 0.0818. The van der Waals surface area contributed by atoms with E-state index >= 15 is 0 Å². The fraction of sp³-hybridized carbons (Fsp3) is 0. The molecule has 0 saturated heterocycles. The number of carbonyl (C=O) groups excluding carboxylic acids is 1. The van der Waals surface area contributed by atoms with E-state index < -0.39 is 17.5 Å². The topological polar surface area (TPSA) is 66.0 Å². The van der Waals surface area contributed by atoms with E-state index in [0.717, 1.165) is 12.1 Å². The molecule has 1 heterocycles. The molecule has 3 aromatic rings. The number of nitriles is 1. The van der Waals surface area contributed by atoms with E-state index in [9.17, 15) is 18.8 Å². The molecule has 3 rings (SSSR count). The molecule has 1 N–H and O–H groups in total. The SMILES string of the molecule is N#C/C(=C\c1ccc(-c2ccc(F)cc2F)o1)C(=O)Nc1ccccc1. The van der Waals surface area contributed by atoms with Crippen molar-refractivity contribution in [2.75, 3.05) is 5.32 Å². The van der Waals surface area contributed by atoms with Crippen molar-refractivity contribution in [1.82, 2.24) is 0 Å². The minimum Gasteiger partial charge on any atom is -0.457 e. The number of hydrogen-bond donors (Lipinski definition) is 1. The highest BCUT2D eigenvalue weighted by Gasteiger charge is 2.13. The summed E-state index contributed by atoms with van der Waals surface area (Å²) in [5, 5.41) is 11.8. The van der Waals surface area contributed by atoms with Gasteiger partial charge in [-0.2, -0.15) is 5.26 Å². The van der Waals surface area contributed by atoms with Gasteiger partial charge in [0, 0.05) is 17.8 Å². The van der Waals surface area contributed by atoms with Gasteiger partial charge in [-0.05, 0) is 36.4 Å². The Hall–Kier alpha value is -3.72. The summed E-state index contributed by atoms with van der Waals surface area (Å²) in [5.41, 5.74) is 0.458. The summed E-state index contributed by atoms with van der Waals surface area (Å²) in [6.45, 7) is 0. The molecule has 1 amide bonds. The Morgan fingerprint density at radius 1 is 1.08 bits per heavy atom. The first-order valence-corrected chi connectivity index (χ1v) is 7.60. The van der Waals surface area contributed by atoms with Gasteiger partial charge in [0.05, 0.1) is 5.56 Å². The van der Waals surface area contributed by atoms with Crippen molar-refractivity contribution >= 4 is 17.7 Å². The van der Waals surface area contributed by atoms with E-state index in [1.807, 2.05) is 0 Å². The first-order valence-electron chi connectivity index (χ1n) is 7.60. The normalized spacial score (nSPS) is 11.0. The molecule has 26 heavy (non-hydrogen) atoms. The van der Waals surface area contributed by atoms with Gasteiger partial charge in [0.25, 0.3) is 5.91 Å². The van der Waals surface area contributed by atoms with Crippen LogP contribution in [0.2, 0.25) is 0 Å². The van der Waals surface area contributed by atoms with E-state index in [2.05, 4.69) is 5.32 Å². The number of rotatable bonds is 4. The van der Waals surface area contributed by atoms with Gasteiger partial charge in [0.1, 0.15) is 34.8 Å². The highest BCUT2D eigenvalue weighted by molar-refractivity contribution is 6.09. The van der Waals surface area contributed by atoms with Gasteiger partial charge in [-0.3, -0.25) is 4.79 Å². The van der Waals surface area contributed by atoms with Crippen LogP contribution in [0, 0.1) is 23.0 Å². The second kappa shape index (κ2) is 7.45. The fourth-order valence-electron chi connectivity index (χ4n) is 2.28. The van der Waals surface area contributed by atoms with Crippen LogP contribution < -0.4 is 5.32 Å². The van der Waals surface area contributed by atoms with Gasteiger partial charge in [-0.15, -0.1) is 0 Å². The second-order valence-electron chi connectivity index (χ2n) is 5.32. The molecule has 0 aliphatic carbocycles. The molecule has 0 atom stereocenters. The summed E-state index contributed by atoms with van der Waals surface area (Å²) in [6, 6.07) is 16.6. The summed E-state index contributed by atoms with van der Waals surface area (Å²) < 4.78 is 32.3. The van der Waals surface area contributed by atoms with Gasteiger partial charge >= 0.3 is 0 Å². The lowest BCUT2D eigenvalue weighted by atomic mass is 10.1. The number of nitrogens with one attached hydrogen (secondary N) is 1. The van der Waals surface area contributed by atoms with Crippen LogP contribution in [-0.2, 0) is 4.79 Å². The molecule has 0 unspecified atom stereocenters. The third kappa shape index (κ3) is 3.84. The zero-order valence-electron chi connectivity index (χ0n) is 13.4. The number of benzene rings is 2. The Kier molecular flexibility index (Phi) is 4.90. The van der Waals surface area contributed by atoms with Crippen LogP contribution in [0.3, 0.4) is 0 Å². The number of furan rings is 1. The largest absolute Gasteiger partial charge is 0.457 e. The molecule has 0 radical (unpaired) electrons. The summed E-state index contributed by atoms with van der Waals surface area (Å²) >= 11 is 0. The third-order valence-electron chi connectivity index (χ3n) is 3.51. The number of carbonyl (C=O) groups is 1. The monoisotopic (exact) mass is 350 g/mol. The molecule has 1 aromatic heterocycles. The average Bonchev–Trinajstić information content (AvgIpc) is 3.08. The molecule has 0 spiro atoms. The maximum atomic E-state index is 13.8. The first kappa shape index (κ1) is 17.1. The molecule has 4 nitrogen and oxygen atoms in total. The van der Waals surface area contributed by atoms with Crippen molar-refractivity contribution in [1.29, 1.82) is 5.26 Å². The quantitative estimate of drug-likeness (QED) is 0.544. The Morgan fingerprint density at radius 3 is 2.54 bits per heavy atom. The first-order chi connectivity index (χ1) is 12.6. The molecular weight excluding hydrogens is 338 g/mol. The molecule has 0 bridgehead atoms. The molecule has 0 saturated carbocycles. The number of hydrogen-bond acceptors (Lipinski definition) is 3.